The number of morpholine rings is 1. The van der Waals surface area contributed by atoms with Crippen molar-refractivity contribution in [3.05, 3.63) is 29.8 Å². The SMILES string of the molecule is COc1ccccc1CNC(=O)CNCCN1CCOCC1. The minimum Gasteiger partial charge on any atom is -0.496 e. The Morgan fingerprint density at radius 2 is 2.09 bits per heavy atom. The van der Waals surface area contributed by atoms with Gasteiger partial charge in [0, 0.05) is 38.3 Å². The van der Waals surface area contributed by atoms with E-state index in [1.165, 1.54) is 0 Å². The quantitative estimate of drug-likeness (QED) is 0.673. The first-order chi connectivity index (χ1) is 10.8. The molecule has 0 saturated carbocycles. The Balaban J connectivity index is 1.59. The van der Waals surface area contributed by atoms with Crippen LogP contribution in [0.1, 0.15) is 5.56 Å². The molecule has 1 aliphatic rings. The number of carbonyl (C=O) groups excluding carboxylic acids is 1. The molecular weight excluding hydrogens is 282 g/mol. The van der Waals surface area contributed by atoms with E-state index < -0.39 is 0 Å². The van der Waals surface area contributed by atoms with E-state index in [0.717, 1.165) is 50.7 Å². The number of carbonyl (C=O) groups is 1. The van der Waals surface area contributed by atoms with Crippen molar-refractivity contribution in [2.45, 2.75) is 6.54 Å². The average molecular weight is 307 g/mol. The van der Waals surface area contributed by atoms with E-state index in [2.05, 4.69) is 15.5 Å². The number of hydrogen-bond acceptors (Lipinski definition) is 5. The molecule has 1 aromatic carbocycles. The molecule has 0 atom stereocenters. The van der Waals surface area contributed by atoms with Gasteiger partial charge in [0.2, 0.25) is 5.91 Å². The molecule has 6 nitrogen and oxygen atoms in total. The van der Waals surface area contributed by atoms with Crippen LogP contribution in [-0.4, -0.2) is 63.9 Å². The molecule has 0 unspecified atom stereocenters. The number of amides is 1. The predicted octanol–water partition coefficient (Wildman–Crippen LogP) is 0.233. The fourth-order valence-electron chi connectivity index (χ4n) is 2.37. The topological polar surface area (TPSA) is 62.8 Å². The number of methoxy groups -OCH3 is 1. The summed E-state index contributed by atoms with van der Waals surface area (Å²) < 4.78 is 10.6. The van der Waals surface area contributed by atoms with Crippen molar-refractivity contribution in [2.24, 2.45) is 0 Å². The van der Waals surface area contributed by atoms with Gasteiger partial charge in [-0.05, 0) is 6.07 Å². The third kappa shape index (κ3) is 5.63. The van der Waals surface area contributed by atoms with E-state index in [1.54, 1.807) is 7.11 Å². The molecule has 0 radical (unpaired) electrons. The van der Waals surface area contributed by atoms with Crippen LogP contribution >= 0.6 is 0 Å². The number of para-hydroxylation sites is 1. The lowest BCUT2D eigenvalue weighted by atomic mass is 10.2. The summed E-state index contributed by atoms with van der Waals surface area (Å²) in [5.74, 6) is 0.788. The summed E-state index contributed by atoms with van der Waals surface area (Å²) in [6, 6.07) is 7.69. The molecular formula is C16H25N3O3. The third-order valence-electron chi connectivity index (χ3n) is 3.66. The lowest BCUT2D eigenvalue weighted by Crippen LogP contribution is -2.42. The van der Waals surface area contributed by atoms with Crippen LogP contribution in [0.5, 0.6) is 5.75 Å². The highest BCUT2D eigenvalue weighted by molar-refractivity contribution is 5.78. The van der Waals surface area contributed by atoms with Crippen LogP contribution in [0, 0.1) is 0 Å². The second kappa shape index (κ2) is 9.40. The number of benzene rings is 1. The van der Waals surface area contributed by atoms with Crippen molar-refractivity contribution in [3.63, 3.8) is 0 Å². The molecule has 1 aromatic rings. The number of hydrogen-bond donors (Lipinski definition) is 2. The van der Waals surface area contributed by atoms with Crippen LogP contribution in [0.15, 0.2) is 24.3 Å². The van der Waals surface area contributed by atoms with E-state index in [0.29, 0.717) is 13.1 Å². The fourth-order valence-corrected chi connectivity index (χ4v) is 2.37. The van der Waals surface area contributed by atoms with Gasteiger partial charge < -0.3 is 20.1 Å². The zero-order valence-electron chi connectivity index (χ0n) is 13.1. The van der Waals surface area contributed by atoms with E-state index in [9.17, 15) is 4.79 Å². The van der Waals surface area contributed by atoms with Crippen LogP contribution in [0.3, 0.4) is 0 Å². The molecule has 122 valence electrons. The van der Waals surface area contributed by atoms with Crippen LogP contribution < -0.4 is 15.4 Å². The van der Waals surface area contributed by atoms with Crippen LogP contribution in [0.2, 0.25) is 0 Å². The molecule has 6 heteroatoms. The lowest BCUT2D eigenvalue weighted by Gasteiger charge is -2.26. The highest BCUT2D eigenvalue weighted by Gasteiger charge is 2.09. The summed E-state index contributed by atoms with van der Waals surface area (Å²) in [7, 11) is 1.63. The van der Waals surface area contributed by atoms with E-state index in [-0.39, 0.29) is 5.91 Å². The molecule has 0 bridgehead atoms. The zero-order valence-corrected chi connectivity index (χ0v) is 13.1. The van der Waals surface area contributed by atoms with Gasteiger partial charge in [0.15, 0.2) is 0 Å². The molecule has 2 N–H and O–H groups in total. The Morgan fingerprint density at radius 1 is 1.32 bits per heavy atom. The van der Waals surface area contributed by atoms with Gasteiger partial charge in [0.25, 0.3) is 0 Å². The third-order valence-corrected chi connectivity index (χ3v) is 3.66. The summed E-state index contributed by atoms with van der Waals surface area (Å²) in [4.78, 5) is 14.2. The summed E-state index contributed by atoms with van der Waals surface area (Å²) in [5, 5.41) is 6.07. The average Bonchev–Trinajstić information content (AvgIpc) is 2.58. The van der Waals surface area contributed by atoms with Crippen molar-refractivity contribution >= 4 is 5.91 Å². The van der Waals surface area contributed by atoms with Gasteiger partial charge in [-0.25, -0.2) is 0 Å². The number of ether oxygens (including phenoxy) is 2. The zero-order chi connectivity index (χ0) is 15.6. The minimum absolute atomic E-state index is 0.00659. The summed E-state index contributed by atoms with van der Waals surface area (Å²) >= 11 is 0. The Kier molecular flexibility index (Phi) is 7.15. The van der Waals surface area contributed by atoms with E-state index >= 15 is 0 Å². The largest absolute Gasteiger partial charge is 0.496 e. The number of nitrogens with one attached hydrogen (secondary N) is 2. The molecule has 0 aromatic heterocycles. The van der Waals surface area contributed by atoms with E-state index in [4.69, 9.17) is 9.47 Å². The van der Waals surface area contributed by atoms with Crippen molar-refractivity contribution < 1.29 is 14.3 Å². The highest BCUT2D eigenvalue weighted by atomic mass is 16.5. The Bertz CT molecular complexity index is 462. The second-order valence-corrected chi connectivity index (χ2v) is 5.22. The van der Waals surface area contributed by atoms with Crippen LogP contribution in [0.25, 0.3) is 0 Å². The molecule has 1 fully saturated rings. The summed E-state index contributed by atoms with van der Waals surface area (Å²) in [6.45, 7) is 6.13. The second-order valence-electron chi connectivity index (χ2n) is 5.22. The standard InChI is InChI=1S/C16H25N3O3/c1-21-15-5-3-2-4-14(15)12-18-16(20)13-17-6-7-19-8-10-22-11-9-19/h2-5,17H,6-13H2,1H3,(H,18,20). The van der Waals surface area contributed by atoms with Gasteiger partial charge in [-0.1, -0.05) is 18.2 Å². The molecule has 1 amide bonds. The van der Waals surface area contributed by atoms with Gasteiger partial charge in [-0.2, -0.15) is 0 Å². The Hall–Kier alpha value is -1.63. The molecule has 0 spiro atoms. The number of rotatable bonds is 8. The van der Waals surface area contributed by atoms with Gasteiger partial charge in [-0.3, -0.25) is 9.69 Å². The maximum atomic E-state index is 11.8. The van der Waals surface area contributed by atoms with E-state index in [1.807, 2.05) is 24.3 Å². The van der Waals surface area contributed by atoms with Crippen LogP contribution in [0.4, 0.5) is 0 Å². The molecule has 2 rings (SSSR count). The smallest absolute Gasteiger partial charge is 0.234 e. The first-order valence-electron chi connectivity index (χ1n) is 7.69. The van der Waals surface area contributed by atoms with Gasteiger partial charge in [-0.15, -0.1) is 0 Å². The maximum Gasteiger partial charge on any atom is 0.234 e. The molecule has 0 aliphatic carbocycles. The normalized spacial score (nSPS) is 15.5. The first kappa shape index (κ1) is 16.7. The lowest BCUT2D eigenvalue weighted by molar-refractivity contribution is -0.120. The molecule has 22 heavy (non-hydrogen) atoms. The van der Waals surface area contributed by atoms with Gasteiger partial charge in [0.05, 0.1) is 26.9 Å². The van der Waals surface area contributed by atoms with Gasteiger partial charge >= 0.3 is 0 Å². The van der Waals surface area contributed by atoms with Gasteiger partial charge in [0.1, 0.15) is 5.75 Å². The fraction of sp³-hybridized carbons (Fsp3) is 0.562. The first-order valence-corrected chi connectivity index (χ1v) is 7.69. The van der Waals surface area contributed by atoms with Crippen molar-refractivity contribution in [1.82, 2.24) is 15.5 Å². The Morgan fingerprint density at radius 3 is 2.86 bits per heavy atom. The maximum absolute atomic E-state index is 11.8. The Labute approximate surface area is 131 Å². The predicted molar refractivity (Wildman–Crippen MR) is 85.0 cm³/mol. The van der Waals surface area contributed by atoms with Crippen molar-refractivity contribution in [3.8, 4) is 5.75 Å². The van der Waals surface area contributed by atoms with Crippen molar-refractivity contribution in [1.29, 1.82) is 0 Å². The minimum atomic E-state index is -0.00659. The molecule has 1 saturated heterocycles. The summed E-state index contributed by atoms with van der Waals surface area (Å²) in [5.41, 5.74) is 0.978. The van der Waals surface area contributed by atoms with Crippen molar-refractivity contribution in [2.75, 3.05) is 53.0 Å². The highest BCUT2D eigenvalue weighted by Crippen LogP contribution is 2.16. The molecule has 1 heterocycles. The molecule has 1 aliphatic heterocycles. The monoisotopic (exact) mass is 307 g/mol. The summed E-state index contributed by atoms with van der Waals surface area (Å²) in [6.07, 6.45) is 0. The van der Waals surface area contributed by atoms with Crippen LogP contribution in [-0.2, 0) is 16.1 Å². The number of nitrogens with zero attached hydrogens (tertiary/aromatic N) is 1.